The standard InChI is InChI=1S/C14H29NO3/c1-2-15(10-6-3-4-9-14(16)17)12-13-8-5-7-11-18-13/h13-14,16-17H,2-12H2,1H3. The van der Waals surface area contributed by atoms with Gasteiger partial charge in [-0.25, -0.2) is 0 Å². The number of ether oxygens (including phenoxy) is 1. The van der Waals surface area contributed by atoms with E-state index in [1.54, 1.807) is 0 Å². The molecule has 1 heterocycles. The van der Waals surface area contributed by atoms with Gasteiger partial charge in [0.15, 0.2) is 6.29 Å². The second kappa shape index (κ2) is 9.73. The van der Waals surface area contributed by atoms with Crippen LogP contribution in [0.2, 0.25) is 0 Å². The van der Waals surface area contributed by atoms with E-state index < -0.39 is 6.29 Å². The van der Waals surface area contributed by atoms with Crippen LogP contribution in [0.3, 0.4) is 0 Å². The molecule has 0 aromatic carbocycles. The van der Waals surface area contributed by atoms with Crippen LogP contribution in [0.4, 0.5) is 0 Å². The van der Waals surface area contributed by atoms with Crippen molar-refractivity contribution in [2.45, 2.75) is 64.3 Å². The van der Waals surface area contributed by atoms with Crippen LogP contribution in [-0.2, 0) is 4.74 Å². The van der Waals surface area contributed by atoms with Crippen molar-refractivity contribution < 1.29 is 14.9 Å². The van der Waals surface area contributed by atoms with E-state index in [0.29, 0.717) is 12.5 Å². The van der Waals surface area contributed by atoms with E-state index in [0.717, 1.165) is 45.5 Å². The zero-order valence-corrected chi connectivity index (χ0v) is 11.7. The zero-order chi connectivity index (χ0) is 13.2. The largest absolute Gasteiger partial charge is 0.377 e. The number of hydrogen-bond donors (Lipinski definition) is 2. The number of aliphatic hydroxyl groups is 2. The number of aliphatic hydroxyl groups excluding tert-OH is 1. The van der Waals surface area contributed by atoms with Crippen LogP contribution in [0.5, 0.6) is 0 Å². The molecule has 1 aliphatic heterocycles. The van der Waals surface area contributed by atoms with Gasteiger partial charge in [0.25, 0.3) is 0 Å². The molecule has 1 atom stereocenters. The third kappa shape index (κ3) is 7.31. The highest BCUT2D eigenvalue weighted by Crippen LogP contribution is 2.14. The molecule has 1 fully saturated rings. The highest BCUT2D eigenvalue weighted by Gasteiger charge is 2.16. The fourth-order valence-electron chi connectivity index (χ4n) is 2.46. The van der Waals surface area contributed by atoms with Crippen LogP contribution in [0.1, 0.15) is 51.9 Å². The highest BCUT2D eigenvalue weighted by molar-refractivity contribution is 4.69. The molecule has 1 aliphatic rings. The van der Waals surface area contributed by atoms with Crippen molar-refractivity contribution in [3.63, 3.8) is 0 Å². The smallest absolute Gasteiger partial charge is 0.151 e. The summed E-state index contributed by atoms with van der Waals surface area (Å²) in [7, 11) is 0. The van der Waals surface area contributed by atoms with E-state index in [2.05, 4.69) is 11.8 Å². The molecule has 0 radical (unpaired) electrons. The van der Waals surface area contributed by atoms with Crippen molar-refractivity contribution in [1.82, 2.24) is 4.90 Å². The van der Waals surface area contributed by atoms with Crippen molar-refractivity contribution in [2.75, 3.05) is 26.2 Å². The van der Waals surface area contributed by atoms with Crippen molar-refractivity contribution in [2.24, 2.45) is 0 Å². The van der Waals surface area contributed by atoms with Crippen LogP contribution in [0.25, 0.3) is 0 Å². The Bertz CT molecular complexity index is 193. The lowest BCUT2D eigenvalue weighted by Crippen LogP contribution is -2.36. The Labute approximate surface area is 111 Å². The molecule has 2 N–H and O–H groups in total. The van der Waals surface area contributed by atoms with E-state index in [1.807, 2.05) is 0 Å². The molecule has 1 unspecified atom stereocenters. The molecular formula is C14H29NO3. The van der Waals surface area contributed by atoms with Gasteiger partial charge in [0.05, 0.1) is 6.10 Å². The monoisotopic (exact) mass is 259 g/mol. The number of likely N-dealkylation sites (N-methyl/N-ethyl adjacent to an activating group) is 1. The SMILES string of the molecule is CCN(CCCCCC(O)O)CC1CCCCO1. The highest BCUT2D eigenvalue weighted by atomic mass is 16.5. The Morgan fingerprint density at radius 1 is 1.22 bits per heavy atom. The molecule has 108 valence electrons. The molecule has 0 bridgehead atoms. The maximum absolute atomic E-state index is 8.75. The fourth-order valence-corrected chi connectivity index (χ4v) is 2.46. The quantitative estimate of drug-likeness (QED) is 0.489. The van der Waals surface area contributed by atoms with Gasteiger partial charge < -0.3 is 19.8 Å². The van der Waals surface area contributed by atoms with Crippen molar-refractivity contribution in [3.8, 4) is 0 Å². The Balaban J connectivity index is 2.05. The van der Waals surface area contributed by atoms with Gasteiger partial charge in [-0.05, 0) is 51.6 Å². The van der Waals surface area contributed by atoms with E-state index in [1.165, 1.54) is 19.3 Å². The molecule has 1 saturated heterocycles. The number of hydrogen-bond acceptors (Lipinski definition) is 4. The first-order chi connectivity index (χ1) is 8.72. The van der Waals surface area contributed by atoms with Crippen LogP contribution < -0.4 is 0 Å². The summed E-state index contributed by atoms with van der Waals surface area (Å²) >= 11 is 0. The van der Waals surface area contributed by atoms with Crippen molar-refractivity contribution in [3.05, 3.63) is 0 Å². The van der Waals surface area contributed by atoms with Gasteiger partial charge in [-0.15, -0.1) is 0 Å². The topological polar surface area (TPSA) is 52.9 Å². The first-order valence-electron chi connectivity index (χ1n) is 7.42. The minimum atomic E-state index is -1.14. The van der Waals surface area contributed by atoms with Gasteiger partial charge in [0.1, 0.15) is 0 Å². The molecule has 4 heteroatoms. The molecular weight excluding hydrogens is 230 g/mol. The Morgan fingerprint density at radius 2 is 2.06 bits per heavy atom. The molecule has 0 aliphatic carbocycles. The molecule has 1 rings (SSSR count). The lowest BCUT2D eigenvalue weighted by atomic mass is 10.1. The van der Waals surface area contributed by atoms with Crippen molar-refractivity contribution in [1.29, 1.82) is 0 Å². The fraction of sp³-hybridized carbons (Fsp3) is 1.00. The molecule has 4 nitrogen and oxygen atoms in total. The molecule has 0 spiro atoms. The Morgan fingerprint density at radius 3 is 2.67 bits per heavy atom. The number of rotatable bonds is 9. The third-order valence-electron chi connectivity index (χ3n) is 3.62. The Kier molecular flexibility index (Phi) is 8.59. The minimum absolute atomic E-state index is 0.429. The predicted octanol–water partition coefficient (Wildman–Crippen LogP) is 1.75. The lowest BCUT2D eigenvalue weighted by Gasteiger charge is -2.29. The van der Waals surface area contributed by atoms with Crippen LogP contribution in [0.15, 0.2) is 0 Å². The normalized spacial score (nSPS) is 20.8. The summed E-state index contributed by atoms with van der Waals surface area (Å²) in [5.41, 5.74) is 0. The summed E-state index contributed by atoms with van der Waals surface area (Å²) < 4.78 is 5.76. The molecule has 0 amide bonds. The van der Waals surface area contributed by atoms with Gasteiger partial charge >= 0.3 is 0 Å². The van der Waals surface area contributed by atoms with E-state index in [9.17, 15) is 0 Å². The Hall–Kier alpha value is -0.160. The predicted molar refractivity (Wildman–Crippen MR) is 72.4 cm³/mol. The average Bonchev–Trinajstić information content (AvgIpc) is 2.38. The summed E-state index contributed by atoms with van der Waals surface area (Å²) in [6.07, 6.45) is 6.61. The maximum atomic E-state index is 8.75. The van der Waals surface area contributed by atoms with Gasteiger partial charge in [-0.2, -0.15) is 0 Å². The van der Waals surface area contributed by atoms with Crippen LogP contribution in [-0.4, -0.2) is 53.7 Å². The maximum Gasteiger partial charge on any atom is 0.151 e. The van der Waals surface area contributed by atoms with Gasteiger partial charge in [0.2, 0.25) is 0 Å². The first-order valence-corrected chi connectivity index (χ1v) is 7.42. The minimum Gasteiger partial charge on any atom is -0.377 e. The first kappa shape index (κ1) is 15.9. The molecule has 0 saturated carbocycles. The van der Waals surface area contributed by atoms with Crippen LogP contribution in [0, 0.1) is 0 Å². The number of unbranched alkanes of at least 4 members (excludes halogenated alkanes) is 2. The summed E-state index contributed by atoms with van der Waals surface area (Å²) in [6, 6.07) is 0. The molecule has 0 aromatic rings. The van der Waals surface area contributed by atoms with Gasteiger partial charge in [-0.1, -0.05) is 13.3 Å². The zero-order valence-electron chi connectivity index (χ0n) is 11.7. The second-order valence-corrected chi connectivity index (χ2v) is 5.21. The average molecular weight is 259 g/mol. The second-order valence-electron chi connectivity index (χ2n) is 5.21. The third-order valence-corrected chi connectivity index (χ3v) is 3.62. The molecule has 18 heavy (non-hydrogen) atoms. The number of nitrogens with zero attached hydrogens (tertiary/aromatic N) is 1. The van der Waals surface area contributed by atoms with Crippen LogP contribution >= 0.6 is 0 Å². The van der Waals surface area contributed by atoms with Gasteiger partial charge in [0, 0.05) is 13.2 Å². The van der Waals surface area contributed by atoms with E-state index in [-0.39, 0.29) is 0 Å². The van der Waals surface area contributed by atoms with E-state index >= 15 is 0 Å². The summed E-state index contributed by atoms with van der Waals surface area (Å²) in [5, 5.41) is 17.5. The summed E-state index contributed by atoms with van der Waals surface area (Å²) in [6.45, 7) is 6.34. The van der Waals surface area contributed by atoms with Crippen molar-refractivity contribution >= 4 is 0 Å². The molecule has 0 aromatic heterocycles. The van der Waals surface area contributed by atoms with Gasteiger partial charge in [-0.3, -0.25) is 0 Å². The summed E-state index contributed by atoms with van der Waals surface area (Å²) in [5.74, 6) is 0. The van der Waals surface area contributed by atoms with E-state index in [4.69, 9.17) is 14.9 Å². The lowest BCUT2D eigenvalue weighted by molar-refractivity contribution is -0.0467. The summed E-state index contributed by atoms with van der Waals surface area (Å²) in [4.78, 5) is 2.45.